The molecule has 3 rings (SSSR count). The maximum atomic E-state index is 12.7. The molecule has 0 fully saturated rings. The van der Waals surface area contributed by atoms with E-state index in [1.165, 1.54) is 23.9 Å². The van der Waals surface area contributed by atoms with Gasteiger partial charge in [0.2, 0.25) is 0 Å². The molecule has 0 bridgehead atoms. The molecule has 7 nitrogen and oxygen atoms in total. The van der Waals surface area contributed by atoms with E-state index in [9.17, 15) is 19.2 Å². The number of rotatable bonds is 7. The van der Waals surface area contributed by atoms with Crippen LogP contribution in [0.25, 0.3) is 0 Å². The highest BCUT2D eigenvalue weighted by atomic mass is 32.2. The summed E-state index contributed by atoms with van der Waals surface area (Å²) in [5.41, 5.74) is 1.67. The predicted molar refractivity (Wildman–Crippen MR) is 108 cm³/mol. The Hall–Kier alpha value is -3.13. The summed E-state index contributed by atoms with van der Waals surface area (Å²) >= 11 is 1.50. The number of carbonyl (C=O) groups is 4. The van der Waals surface area contributed by atoms with Gasteiger partial charge in [-0.3, -0.25) is 14.4 Å². The zero-order chi connectivity index (χ0) is 21.0. The third-order valence-electron chi connectivity index (χ3n) is 4.42. The average Bonchev–Trinajstić information content (AvgIpc) is 2.96. The van der Waals surface area contributed by atoms with Gasteiger partial charge < -0.3 is 10.2 Å². The van der Waals surface area contributed by atoms with Crippen molar-refractivity contribution in [3.05, 3.63) is 70.8 Å². The van der Waals surface area contributed by atoms with Crippen LogP contribution in [0.1, 0.15) is 43.1 Å². The van der Waals surface area contributed by atoms with Crippen LogP contribution < -0.4 is 5.32 Å². The Morgan fingerprint density at radius 3 is 2.31 bits per heavy atom. The summed E-state index contributed by atoms with van der Waals surface area (Å²) in [6.45, 7) is 1.86. The van der Waals surface area contributed by atoms with Crippen LogP contribution in [0, 0.1) is 6.92 Å². The largest absolute Gasteiger partial charge is 0.355 e. The van der Waals surface area contributed by atoms with Crippen molar-refractivity contribution in [1.29, 1.82) is 0 Å². The summed E-state index contributed by atoms with van der Waals surface area (Å²) in [7, 11) is 0. The second-order valence-corrected chi connectivity index (χ2v) is 7.52. The minimum atomic E-state index is -1.00. The minimum Gasteiger partial charge on any atom is -0.338 e. The molecule has 0 spiro atoms. The lowest BCUT2D eigenvalue weighted by Crippen LogP contribution is -2.45. The molecule has 29 heavy (non-hydrogen) atoms. The second-order valence-electron chi connectivity index (χ2n) is 6.54. The van der Waals surface area contributed by atoms with Crippen LogP contribution in [-0.2, 0) is 9.63 Å². The lowest BCUT2D eigenvalue weighted by atomic mass is 10.1. The van der Waals surface area contributed by atoms with E-state index in [4.69, 9.17) is 4.84 Å². The van der Waals surface area contributed by atoms with E-state index in [-0.39, 0.29) is 11.1 Å². The van der Waals surface area contributed by atoms with E-state index < -0.39 is 29.7 Å². The summed E-state index contributed by atoms with van der Waals surface area (Å²) < 4.78 is 0. The summed E-state index contributed by atoms with van der Waals surface area (Å²) in [5, 5.41) is 3.10. The van der Waals surface area contributed by atoms with E-state index in [1.54, 1.807) is 30.3 Å². The number of hydrogen-bond acceptors (Lipinski definition) is 6. The van der Waals surface area contributed by atoms with E-state index >= 15 is 0 Å². The standard InChI is InChI=1S/C21H20N2O5S/c1-13-6-5-7-14(12-13)18(24)22-17(10-11-29-2)21(27)28-23-19(25)15-8-3-4-9-16(15)20(23)26/h3-9,12,17H,10-11H2,1-2H3,(H,22,24). The smallest absolute Gasteiger partial charge is 0.338 e. The molecule has 0 saturated carbocycles. The number of nitrogens with zero attached hydrogens (tertiary/aromatic N) is 1. The van der Waals surface area contributed by atoms with Crippen molar-refractivity contribution in [3.8, 4) is 0 Å². The monoisotopic (exact) mass is 412 g/mol. The van der Waals surface area contributed by atoms with Crippen molar-refractivity contribution in [2.45, 2.75) is 19.4 Å². The van der Waals surface area contributed by atoms with Gasteiger partial charge in [-0.2, -0.15) is 11.8 Å². The van der Waals surface area contributed by atoms with Crippen molar-refractivity contribution in [1.82, 2.24) is 10.4 Å². The van der Waals surface area contributed by atoms with Crippen LogP contribution in [0.15, 0.2) is 48.5 Å². The Balaban J connectivity index is 1.73. The van der Waals surface area contributed by atoms with Gasteiger partial charge in [0.15, 0.2) is 0 Å². The fourth-order valence-electron chi connectivity index (χ4n) is 2.92. The van der Waals surface area contributed by atoms with Gasteiger partial charge in [0.1, 0.15) is 6.04 Å². The fraction of sp³-hybridized carbons (Fsp3) is 0.238. The third kappa shape index (κ3) is 4.48. The first kappa shape index (κ1) is 20.6. The number of hydrogen-bond donors (Lipinski definition) is 1. The number of hydroxylamine groups is 2. The van der Waals surface area contributed by atoms with Crippen molar-refractivity contribution in [2.24, 2.45) is 0 Å². The molecule has 1 unspecified atom stereocenters. The third-order valence-corrected chi connectivity index (χ3v) is 5.06. The van der Waals surface area contributed by atoms with E-state index in [0.29, 0.717) is 22.8 Å². The lowest BCUT2D eigenvalue weighted by Gasteiger charge is -2.20. The highest BCUT2D eigenvalue weighted by molar-refractivity contribution is 7.98. The van der Waals surface area contributed by atoms with Crippen LogP contribution in [0.3, 0.4) is 0 Å². The SMILES string of the molecule is CSCCC(NC(=O)c1cccc(C)c1)C(=O)ON1C(=O)c2ccccc2C1=O. The maximum Gasteiger partial charge on any atom is 0.355 e. The molecule has 1 heterocycles. The number of imide groups is 1. The van der Waals surface area contributed by atoms with Crippen LogP contribution >= 0.6 is 11.8 Å². The zero-order valence-electron chi connectivity index (χ0n) is 16.0. The van der Waals surface area contributed by atoms with Crippen molar-refractivity contribution in [2.75, 3.05) is 12.0 Å². The number of aryl methyl sites for hydroxylation is 1. The molecule has 150 valence electrons. The molecule has 8 heteroatoms. The molecule has 2 aromatic rings. The molecular formula is C21H20N2O5S. The first-order chi connectivity index (χ1) is 13.9. The molecule has 1 aliphatic heterocycles. The number of fused-ring (bicyclic) bond motifs is 1. The molecule has 1 N–H and O–H groups in total. The second kappa shape index (κ2) is 8.91. The Kier molecular flexibility index (Phi) is 6.33. The highest BCUT2D eigenvalue weighted by Crippen LogP contribution is 2.23. The lowest BCUT2D eigenvalue weighted by molar-refractivity contribution is -0.170. The summed E-state index contributed by atoms with van der Waals surface area (Å²) in [5.74, 6) is -2.12. The molecule has 1 atom stereocenters. The quantitative estimate of drug-likeness (QED) is 0.703. The zero-order valence-corrected chi connectivity index (χ0v) is 16.8. The van der Waals surface area contributed by atoms with Crippen LogP contribution in [0.4, 0.5) is 0 Å². The topological polar surface area (TPSA) is 92.8 Å². The fourth-order valence-corrected chi connectivity index (χ4v) is 3.39. The van der Waals surface area contributed by atoms with Gasteiger partial charge in [-0.15, -0.1) is 0 Å². The van der Waals surface area contributed by atoms with E-state index in [0.717, 1.165) is 5.56 Å². The Labute approximate surface area is 172 Å². The van der Waals surface area contributed by atoms with Crippen LogP contribution in [0.5, 0.6) is 0 Å². The molecule has 0 aromatic heterocycles. The average molecular weight is 412 g/mol. The first-order valence-corrected chi connectivity index (χ1v) is 10.4. The molecule has 3 amide bonds. The van der Waals surface area contributed by atoms with Gasteiger partial charge in [0.25, 0.3) is 17.7 Å². The van der Waals surface area contributed by atoms with Crippen LogP contribution in [-0.4, -0.2) is 46.8 Å². The van der Waals surface area contributed by atoms with Crippen molar-refractivity contribution >= 4 is 35.5 Å². The highest BCUT2D eigenvalue weighted by Gasteiger charge is 2.40. The number of benzene rings is 2. The van der Waals surface area contributed by atoms with E-state index in [2.05, 4.69) is 5.32 Å². The maximum absolute atomic E-state index is 12.7. The molecule has 0 saturated heterocycles. The number of thioether (sulfide) groups is 1. The summed E-state index contributed by atoms with van der Waals surface area (Å²) in [6.07, 6.45) is 2.16. The van der Waals surface area contributed by atoms with Gasteiger partial charge in [0, 0.05) is 5.56 Å². The Bertz CT molecular complexity index is 940. The summed E-state index contributed by atoms with van der Waals surface area (Å²) in [6, 6.07) is 12.2. The van der Waals surface area contributed by atoms with Gasteiger partial charge in [-0.1, -0.05) is 34.9 Å². The van der Waals surface area contributed by atoms with Gasteiger partial charge in [-0.25, -0.2) is 4.79 Å². The van der Waals surface area contributed by atoms with Crippen molar-refractivity contribution in [3.63, 3.8) is 0 Å². The van der Waals surface area contributed by atoms with Crippen LogP contribution in [0.2, 0.25) is 0 Å². The summed E-state index contributed by atoms with van der Waals surface area (Å²) in [4.78, 5) is 55.1. The van der Waals surface area contributed by atoms with Gasteiger partial charge >= 0.3 is 5.97 Å². The van der Waals surface area contributed by atoms with Gasteiger partial charge in [0.05, 0.1) is 11.1 Å². The predicted octanol–water partition coefficient (Wildman–Crippen LogP) is 2.60. The van der Waals surface area contributed by atoms with Gasteiger partial charge in [-0.05, 0) is 49.6 Å². The molecule has 2 aromatic carbocycles. The number of nitrogens with one attached hydrogen (secondary N) is 1. The minimum absolute atomic E-state index is 0.176. The molecular weight excluding hydrogens is 392 g/mol. The number of amides is 3. The molecule has 0 radical (unpaired) electrons. The Morgan fingerprint density at radius 2 is 1.72 bits per heavy atom. The van der Waals surface area contributed by atoms with Crippen molar-refractivity contribution < 1.29 is 24.0 Å². The normalized spacial score (nSPS) is 13.8. The number of carbonyl (C=O) groups excluding carboxylic acids is 4. The first-order valence-electron chi connectivity index (χ1n) is 8.98. The Morgan fingerprint density at radius 1 is 1.07 bits per heavy atom. The molecule has 0 aliphatic carbocycles. The van der Waals surface area contributed by atoms with E-state index in [1.807, 2.05) is 19.2 Å². The molecule has 1 aliphatic rings.